The number of carbonyl (C=O) groups excluding carboxylic acids is 2. The lowest BCUT2D eigenvalue weighted by Gasteiger charge is -2.30. The molecule has 2 atom stereocenters. The molecule has 0 bridgehead atoms. The van der Waals surface area contributed by atoms with Gasteiger partial charge in [0, 0.05) is 31.1 Å². The monoisotopic (exact) mass is 548 g/mol. The normalized spacial score (nSPS) is 16.2. The lowest BCUT2D eigenvalue weighted by atomic mass is 9.85. The van der Waals surface area contributed by atoms with E-state index in [2.05, 4.69) is 10.0 Å². The summed E-state index contributed by atoms with van der Waals surface area (Å²) < 4.78 is 26.8. The van der Waals surface area contributed by atoms with Crippen molar-refractivity contribution in [2.45, 2.75) is 24.9 Å². The molecule has 10 nitrogen and oxygen atoms in total. The molecule has 1 aliphatic rings. The zero-order chi connectivity index (χ0) is 28.0. The number of hydrogen-bond donors (Lipinski definition) is 5. The van der Waals surface area contributed by atoms with Crippen molar-refractivity contribution >= 4 is 27.9 Å². The highest BCUT2D eigenvalue weighted by Crippen LogP contribution is 2.31. The minimum Gasteiger partial charge on any atom is -0.384 e. The van der Waals surface area contributed by atoms with E-state index in [1.165, 1.54) is 4.90 Å². The number of benzene rings is 3. The van der Waals surface area contributed by atoms with Gasteiger partial charge >= 0.3 is 0 Å². The van der Waals surface area contributed by atoms with E-state index in [0.29, 0.717) is 25.1 Å². The van der Waals surface area contributed by atoms with Gasteiger partial charge in [-0.3, -0.25) is 15.0 Å². The second-order valence-electron chi connectivity index (χ2n) is 9.54. The van der Waals surface area contributed by atoms with Gasteiger partial charge < -0.3 is 16.0 Å². The number of nitrogens with zero attached hydrogens (tertiary/aromatic N) is 1. The minimum absolute atomic E-state index is 0.0294. The summed E-state index contributed by atoms with van der Waals surface area (Å²) in [4.78, 5) is 28.3. The molecule has 1 aliphatic heterocycles. The summed E-state index contributed by atoms with van der Waals surface area (Å²) in [6.07, 6.45) is 0.449. The van der Waals surface area contributed by atoms with Gasteiger partial charge in [-0.25, -0.2) is 5.14 Å². The van der Waals surface area contributed by atoms with Crippen LogP contribution < -0.4 is 20.9 Å². The van der Waals surface area contributed by atoms with E-state index in [4.69, 9.17) is 16.3 Å². The predicted octanol–water partition coefficient (Wildman–Crippen LogP) is 1.43. The summed E-state index contributed by atoms with van der Waals surface area (Å²) in [5.41, 5.74) is 8.44. The van der Waals surface area contributed by atoms with E-state index in [1.54, 1.807) is 24.3 Å². The molecule has 1 fully saturated rings. The van der Waals surface area contributed by atoms with Crippen LogP contribution in [0.3, 0.4) is 0 Å². The van der Waals surface area contributed by atoms with Crippen LogP contribution in [0, 0.1) is 11.3 Å². The fraction of sp³-hybridized carbons (Fsp3) is 0.250. The van der Waals surface area contributed by atoms with Crippen molar-refractivity contribution in [3.05, 3.63) is 107 Å². The summed E-state index contributed by atoms with van der Waals surface area (Å²) in [5.74, 6) is -1.74. The van der Waals surface area contributed by atoms with Gasteiger partial charge in [-0.1, -0.05) is 84.9 Å². The molecular formula is C28H32N6O4S. The molecular weight excluding hydrogens is 516 g/mol. The van der Waals surface area contributed by atoms with Crippen molar-refractivity contribution < 1.29 is 18.0 Å². The Balaban J connectivity index is 1.50. The number of nitrogens with two attached hydrogens (primary N) is 2. The molecule has 0 aliphatic carbocycles. The maximum Gasteiger partial charge on any atom is 0.275 e. The van der Waals surface area contributed by atoms with Crippen molar-refractivity contribution in [1.29, 1.82) is 5.41 Å². The lowest BCUT2D eigenvalue weighted by Crippen LogP contribution is -2.53. The average molecular weight is 549 g/mol. The van der Waals surface area contributed by atoms with E-state index in [-0.39, 0.29) is 18.3 Å². The van der Waals surface area contributed by atoms with Crippen LogP contribution in [-0.2, 0) is 26.3 Å². The van der Waals surface area contributed by atoms with Crippen LogP contribution in [0.25, 0.3) is 0 Å². The Kier molecular flexibility index (Phi) is 8.75. The standard InChI is InChI=1S/C28H32N6O4S/c29-26(30)22-13-11-19(12-14-22)17-32-27(35)23-15-16-34(18-23)28(36)25(33-39(31,37)38)24(20-7-3-1-4-8-20)21-9-5-2-6-10-21/h1-14,23-25,33H,15-18H2,(H3,29,30)(H,32,35)(H2,31,37,38). The molecule has 2 amide bonds. The molecule has 11 heteroatoms. The topological polar surface area (TPSA) is 171 Å². The molecule has 1 saturated heterocycles. The van der Waals surface area contributed by atoms with Gasteiger partial charge in [-0.05, 0) is 23.1 Å². The fourth-order valence-electron chi connectivity index (χ4n) is 4.84. The van der Waals surface area contributed by atoms with E-state index >= 15 is 0 Å². The molecule has 0 spiro atoms. The van der Waals surface area contributed by atoms with Crippen LogP contribution in [0.5, 0.6) is 0 Å². The number of nitrogens with one attached hydrogen (secondary N) is 3. The van der Waals surface area contributed by atoms with Crippen LogP contribution >= 0.6 is 0 Å². The van der Waals surface area contributed by atoms with Crippen LogP contribution in [0.4, 0.5) is 0 Å². The Morgan fingerprint density at radius 1 is 0.949 bits per heavy atom. The molecule has 4 rings (SSSR count). The predicted molar refractivity (Wildman–Crippen MR) is 149 cm³/mol. The number of likely N-dealkylation sites (tertiary alicyclic amines) is 1. The number of amides is 2. The van der Waals surface area contributed by atoms with Crippen molar-refractivity contribution in [2.24, 2.45) is 16.8 Å². The van der Waals surface area contributed by atoms with E-state index in [9.17, 15) is 18.0 Å². The van der Waals surface area contributed by atoms with Gasteiger partial charge in [0.1, 0.15) is 11.9 Å². The first-order chi connectivity index (χ1) is 18.6. The van der Waals surface area contributed by atoms with Crippen molar-refractivity contribution in [1.82, 2.24) is 14.9 Å². The molecule has 0 saturated carbocycles. The number of amidine groups is 1. The van der Waals surface area contributed by atoms with E-state index < -0.39 is 34.0 Å². The highest BCUT2D eigenvalue weighted by Gasteiger charge is 2.39. The molecule has 204 valence electrons. The van der Waals surface area contributed by atoms with E-state index in [0.717, 1.165) is 16.7 Å². The first-order valence-electron chi connectivity index (χ1n) is 12.5. The first kappa shape index (κ1) is 28.0. The van der Waals surface area contributed by atoms with Gasteiger partial charge in [-0.15, -0.1) is 0 Å². The molecule has 3 aromatic rings. The molecule has 0 aromatic heterocycles. The first-order valence-corrected chi connectivity index (χ1v) is 14.1. The van der Waals surface area contributed by atoms with Crippen LogP contribution in [0.15, 0.2) is 84.9 Å². The third kappa shape index (κ3) is 7.29. The zero-order valence-corrected chi connectivity index (χ0v) is 22.1. The van der Waals surface area contributed by atoms with Crippen molar-refractivity contribution in [3.8, 4) is 0 Å². The highest BCUT2D eigenvalue weighted by atomic mass is 32.2. The number of carbonyl (C=O) groups is 2. The largest absolute Gasteiger partial charge is 0.384 e. The van der Waals surface area contributed by atoms with Gasteiger partial charge in [0.05, 0.1) is 5.92 Å². The number of hydrogen-bond acceptors (Lipinski definition) is 5. The summed E-state index contributed by atoms with van der Waals surface area (Å²) in [7, 11) is -4.23. The van der Waals surface area contributed by atoms with Crippen LogP contribution in [0.1, 0.15) is 34.6 Å². The molecule has 1 heterocycles. The molecule has 2 unspecified atom stereocenters. The van der Waals surface area contributed by atoms with Crippen molar-refractivity contribution in [2.75, 3.05) is 13.1 Å². The zero-order valence-electron chi connectivity index (χ0n) is 21.3. The summed E-state index contributed by atoms with van der Waals surface area (Å²) in [6.45, 7) is 0.761. The van der Waals surface area contributed by atoms with E-state index in [1.807, 2.05) is 60.7 Å². The third-order valence-electron chi connectivity index (χ3n) is 6.81. The Morgan fingerprint density at radius 2 is 1.51 bits per heavy atom. The maximum absolute atomic E-state index is 13.8. The van der Waals surface area contributed by atoms with Crippen LogP contribution in [-0.4, -0.2) is 50.1 Å². The van der Waals surface area contributed by atoms with Crippen molar-refractivity contribution in [3.63, 3.8) is 0 Å². The average Bonchev–Trinajstić information content (AvgIpc) is 3.42. The summed E-state index contributed by atoms with van der Waals surface area (Å²) in [5, 5.41) is 15.7. The Labute approximate surface area is 228 Å². The van der Waals surface area contributed by atoms with Gasteiger partial charge in [0.2, 0.25) is 11.8 Å². The molecule has 7 N–H and O–H groups in total. The van der Waals surface area contributed by atoms with Gasteiger partial charge in [0.15, 0.2) is 0 Å². The molecule has 39 heavy (non-hydrogen) atoms. The second kappa shape index (κ2) is 12.2. The Bertz CT molecular complexity index is 1380. The minimum atomic E-state index is -4.23. The Hall–Kier alpha value is -4.06. The maximum atomic E-state index is 13.8. The smallest absolute Gasteiger partial charge is 0.275 e. The quantitative estimate of drug-likeness (QED) is 0.190. The van der Waals surface area contributed by atoms with Crippen LogP contribution in [0.2, 0.25) is 0 Å². The van der Waals surface area contributed by atoms with Gasteiger partial charge in [-0.2, -0.15) is 13.1 Å². The number of rotatable bonds is 10. The Morgan fingerprint density at radius 3 is 2.03 bits per heavy atom. The highest BCUT2D eigenvalue weighted by molar-refractivity contribution is 7.87. The fourth-order valence-corrected chi connectivity index (χ4v) is 5.43. The van der Waals surface area contributed by atoms with Gasteiger partial charge in [0.25, 0.3) is 10.2 Å². The molecule has 3 aromatic carbocycles. The summed E-state index contributed by atoms with van der Waals surface area (Å²) in [6, 6.07) is 24.2. The number of nitrogen functional groups attached to an aromatic ring is 1. The SMILES string of the molecule is N=C(N)c1ccc(CNC(=O)C2CCN(C(=O)C(NS(N)(=O)=O)C(c3ccccc3)c3ccccc3)C2)cc1. The lowest BCUT2D eigenvalue weighted by molar-refractivity contribution is -0.132. The molecule has 0 radical (unpaired) electrons. The summed E-state index contributed by atoms with van der Waals surface area (Å²) >= 11 is 0. The second-order valence-corrected chi connectivity index (χ2v) is 10.9. The third-order valence-corrected chi connectivity index (χ3v) is 7.39.